The summed E-state index contributed by atoms with van der Waals surface area (Å²) in [6.07, 6.45) is -0.714. The molecule has 0 aromatic heterocycles. The summed E-state index contributed by atoms with van der Waals surface area (Å²) in [5.41, 5.74) is -3.82. The molecule has 2 aliphatic heterocycles. The zero-order chi connectivity index (χ0) is 24.8. The number of hydrogen-bond acceptors (Lipinski definition) is 6. The van der Waals surface area contributed by atoms with Gasteiger partial charge in [0, 0.05) is 25.9 Å². The smallest absolute Gasteiger partial charge is 0.412 e. The zero-order valence-corrected chi connectivity index (χ0v) is 20.0. The van der Waals surface area contributed by atoms with E-state index in [4.69, 9.17) is 9.47 Å². The molecule has 0 aliphatic carbocycles. The van der Waals surface area contributed by atoms with E-state index < -0.39 is 34.8 Å². The van der Waals surface area contributed by atoms with Crippen LogP contribution in [-0.4, -0.2) is 67.9 Å². The van der Waals surface area contributed by atoms with Gasteiger partial charge in [-0.1, -0.05) is 60.7 Å². The summed E-state index contributed by atoms with van der Waals surface area (Å²) in [4.78, 5) is 27.9. The van der Waals surface area contributed by atoms with Crippen LogP contribution in [0, 0.1) is 0 Å². The minimum atomic E-state index is -1.64. The van der Waals surface area contributed by atoms with Crippen molar-refractivity contribution in [3.63, 3.8) is 0 Å². The van der Waals surface area contributed by atoms with Gasteiger partial charge in [0.2, 0.25) is 0 Å². The summed E-state index contributed by atoms with van der Waals surface area (Å²) in [5, 5.41) is 22.7. The first-order valence-corrected chi connectivity index (χ1v) is 11.4. The summed E-state index contributed by atoms with van der Waals surface area (Å²) in [6.45, 7) is 6.36. The molecule has 2 N–H and O–H groups in total. The molecule has 8 nitrogen and oxygen atoms in total. The maximum Gasteiger partial charge on any atom is 0.412 e. The molecule has 0 spiro atoms. The quantitative estimate of drug-likeness (QED) is 0.647. The normalized spacial score (nSPS) is 33.2. The van der Waals surface area contributed by atoms with Gasteiger partial charge in [0.25, 0.3) is 0 Å². The van der Waals surface area contributed by atoms with Gasteiger partial charge < -0.3 is 19.7 Å². The minimum absolute atomic E-state index is 0.0388. The Balaban J connectivity index is 1.49. The second-order valence-corrected chi connectivity index (χ2v) is 9.87. The third-order valence-electron chi connectivity index (χ3n) is 7.44. The lowest BCUT2D eigenvalue weighted by atomic mass is 9.86. The van der Waals surface area contributed by atoms with Gasteiger partial charge in [0.05, 0.1) is 0 Å². The van der Waals surface area contributed by atoms with Crippen LogP contribution in [0.2, 0.25) is 0 Å². The molecule has 2 aromatic rings. The summed E-state index contributed by atoms with van der Waals surface area (Å²) in [5.74, 6) is 0. The van der Waals surface area contributed by atoms with Gasteiger partial charge in [0.1, 0.15) is 0 Å². The molecule has 0 bridgehead atoms. The van der Waals surface area contributed by atoms with Crippen molar-refractivity contribution in [1.29, 1.82) is 0 Å². The number of cyclic esters (lactones) is 2. The van der Waals surface area contributed by atoms with Crippen LogP contribution in [0.5, 0.6) is 0 Å². The van der Waals surface area contributed by atoms with Crippen LogP contribution >= 0.6 is 0 Å². The van der Waals surface area contributed by atoms with E-state index in [0.717, 1.165) is 11.1 Å². The Bertz CT molecular complexity index is 972. The SMILES string of the molecule is C[C@]1(Cc2ccccc2)OC(=O)N(CCN2C(=O)O[C@](C)(Cc3ccccc3)[C@]2(C)O)[C@@]1(C)O. The number of amides is 2. The molecule has 4 atom stereocenters. The van der Waals surface area contributed by atoms with Crippen LogP contribution in [0.25, 0.3) is 0 Å². The number of benzene rings is 2. The lowest BCUT2D eigenvalue weighted by molar-refractivity contribution is -0.148. The fourth-order valence-electron chi connectivity index (χ4n) is 4.81. The number of rotatable bonds is 7. The first-order valence-electron chi connectivity index (χ1n) is 11.4. The van der Waals surface area contributed by atoms with E-state index in [-0.39, 0.29) is 13.1 Å². The van der Waals surface area contributed by atoms with E-state index in [1.54, 1.807) is 13.8 Å². The Morgan fingerprint density at radius 2 is 0.971 bits per heavy atom. The molecule has 0 unspecified atom stereocenters. The minimum Gasteiger partial charge on any atom is -0.438 e. The van der Waals surface area contributed by atoms with Crippen molar-refractivity contribution in [3.8, 4) is 0 Å². The first kappa shape index (κ1) is 24.0. The molecule has 2 fully saturated rings. The number of aliphatic hydroxyl groups is 2. The van der Waals surface area contributed by atoms with E-state index in [0.29, 0.717) is 12.8 Å². The van der Waals surface area contributed by atoms with Gasteiger partial charge in [-0.3, -0.25) is 9.80 Å². The van der Waals surface area contributed by atoms with Gasteiger partial charge in [-0.05, 0) is 38.8 Å². The maximum atomic E-state index is 12.8. The van der Waals surface area contributed by atoms with Gasteiger partial charge in [0.15, 0.2) is 22.7 Å². The summed E-state index contributed by atoms with van der Waals surface area (Å²) in [7, 11) is 0. The Hall–Kier alpha value is -3.10. The number of ether oxygens (including phenoxy) is 2. The van der Waals surface area contributed by atoms with Crippen LogP contribution in [-0.2, 0) is 22.3 Å². The predicted octanol–water partition coefficient (Wildman–Crippen LogP) is 3.31. The van der Waals surface area contributed by atoms with E-state index in [1.165, 1.54) is 23.6 Å². The zero-order valence-electron chi connectivity index (χ0n) is 20.0. The second kappa shape index (κ2) is 8.29. The van der Waals surface area contributed by atoms with Crippen molar-refractivity contribution >= 4 is 12.2 Å². The van der Waals surface area contributed by atoms with E-state index in [2.05, 4.69) is 0 Å². The van der Waals surface area contributed by atoms with E-state index >= 15 is 0 Å². The third-order valence-corrected chi connectivity index (χ3v) is 7.44. The fourth-order valence-corrected chi connectivity index (χ4v) is 4.81. The van der Waals surface area contributed by atoms with Gasteiger partial charge in [-0.15, -0.1) is 0 Å². The van der Waals surface area contributed by atoms with Crippen LogP contribution in [0.15, 0.2) is 60.7 Å². The Labute approximate surface area is 199 Å². The molecule has 2 amide bonds. The Morgan fingerprint density at radius 1 is 0.647 bits per heavy atom. The van der Waals surface area contributed by atoms with Crippen molar-refractivity contribution in [3.05, 3.63) is 71.8 Å². The standard InChI is InChI=1S/C26H32N2O6/c1-23(17-19-11-7-5-8-12-19)25(3,31)27(21(29)33-23)15-16-28-22(30)34-24(2,26(28,4)32)18-20-13-9-6-10-14-20/h5-14,31-32H,15-18H2,1-4H3/t23-,24-,25+,26+/m1/s1. The van der Waals surface area contributed by atoms with Crippen LogP contribution < -0.4 is 0 Å². The van der Waals surface area contributed by atoms with Crippen LogP contribution in [0.3, 0.4) is 0 Å². The average molecular weight is 469 g/mol. The highest BCUT2D eigenvalue weighted by atomic mass is 16.6. The molecule has 2 heterocycles. The first-order chi connectivity index (χ1) is 15.9. The lowest BCUT2D eigenvalue weighted by Crippen LogP contribution is -2.60. The molecule has 2 saturated heterocycles. The molecule has 0 radical (unpaired) electrons. The summed E-state index contributed by atoms with van der Waals surface area (Å²) in [6, 6.07) is 18.9. The van der Waals surface area contributed by atoms with Crippen molar-refractivity contribution in [2.24, 2.45) is 0 Å². The highest BCUT2D eigenvalue weighted by Gasteiger charge is 2.61. The Kier molecular flexibility index (Phi) is 5.86. The average Bonchev–Trinajstić information content (AvgIpc) is 3.03. The Morgan fingerprint density at radius 3 is 1.29 bits per heavy atom. The van der Waals surface area contributed by atoms with Crippen molar-refractivity contribution in [1.82, 2.24) is 9.80 Å². The number of carbonyl (C=O) groups excluding carboxylic acids is 2. The number of nitrogens with zero attached hydrogens (tertiary/aromatic N) is 2. The number of carbonyl (C=O) groups is 2. The van der Waals surface area contributed by atoms with Crippen LogP contribution in [0.4, 0.5) is 9.59 Å². The predicted molar refractivity (Wildman–Crippen MR) is 125 cm³/mol. The summed E-state index contributed by atoms with van der Waals surface area (Å²) >= 11 is 0. The van der Waals surface area contributed by atoms with E-state index in [1.807, 2.05) is 60.7 Å². The third kappa shape index (κ3) is 3.91. The van der Waals surface area contributed by atoms with Gasteiger partial charge in [-0.2, -0.15) is 0 Å². The molecule has 8 heteroatoms. The molecule has 182 valence electrons. The highest BCUT2D eigenvalue weighted by Crippen LogP contribution is 2.42. The van der Waals surface area contributed by atoms with Crippen molar-refractivity contribution in [2.75, 3.05) is 13.1 Å². The monoisotopic (exact) mass is 468 g/mol. The molecular weight excluding hydrogens is 436 g/mol. The molecular formula is C26H32N2O6. The molecule has 2 aromatic carbocycles. The largest absolute Gasteiger partial charge is 0.438 e. The van der Waals surface area contributed by atoms with Gasteiger partial charge in [-0.25, -0.2) is 9.59 Å². The molecule has 4 rings (SSSR count). The van der Waals surface area contributed by atoms with Crippen molar-refractivity contribution < 1.29 is 29.3 Å². The topological polar surface area (TPSA) is 99.5 Å². The van der Waals surface area contributed by atoms with E-state index in [9.17, 15) is 19.8 Å². The van der Waals surface area contributed by atoms with Gasteiger partial charge >= 0.3 is 12.2 Å². The second-order valence-electron chi connectivity index (χ2n) is 9.87. The fraction of sp³-hybridized carbons (Fsp3) is 0.462. The molecule has 0 saturated carbocycles. The van der Waals surface area contributed by atoms with Crippen LogP contribution in [0.1, 0.15) is 38.8 Å². The van der Waals surface area contributed by atoms with Crippen molar-refractivity contribution in [2.45, 2.75) is 63.2 Å². The highest BCUT2D eigenvalue weighted by molar-refractivity contribution is 5.74. The molecule has 2 aliphatic rings. The number of hydrogen-bond donors (Lipinski definition) is 2. The lowest BCUT2D eigenvalue weighted by Gasteiger charge is -2.40. The molecule has 34 heavy (non-hydrogen) atoms. The summed E-state index contributed by atoms with van der Waals surface area (Å²) < 4.78 is 11.3. The maximum absolute atomic E-state index is 12.8.